The Labute approximate surface area is 134 Å². The second kappa shape index (κ2) is 7.64. The normalized spacial score (nSPS) is 29.6. The number of aliphatic hydroxyl groups excluding tert-OH is 1. The molecule has 0 radical (unpaired) electrons. The maximum Gasteiger partial charge on any atom is 0.410 e. The van der Waals surface area contributed by atoms with Gasteiger partial charge in [0.1, 0.15) is 5.60 Å². The number of carbonyl (C=O) groups excluding carboxylic acids is 1. The molecular weight excluding hydrogens is 280 g/mol. The van der Waals surface area contributed by atoms with E-state index in [1.165, 1.54) is 12.8 Å². The molecule has 3 unspecified atom stereocenters. The molecule has 0 aromatic carbocycles. The van der Waals surface area contributed by atoms with Gasteiger partial charge in [-0.05, 0) is 58.8 Å². The summed E-state index contributed by atoms with van der Waals surface area (Å²) in [5.74, 6) is 0.374. The number of aliphatic hydroxyl groups is 1. The molecule has 1 saturated carbocycles. The lowest BCUT2D eigenvalue weighted by atomic mass is 10.0. The van der Waals surface area contributed by atoms with E-state index in [2.05, 4.69) is 5.32 Å². The molecule has 5 nitrogen and oxygen atoms in total. The summed E-state index contributed by atoms with van der Waals surface area (Å²) in [5, 5.41) is 13.0. The van der Waals surface area contributed by atoms with Crippen molar-refractivity contribution in [2.24, 2.45) is 5.92 Å². The van der Waals surface area contributed by atoms with Crippen molar-refractivity contribution in [3.05, 3.63) is 0 Å². The van der Waals surface area contributed by atoms with E-state index in [-0.39, 0.29) is 18.7 Å². The van der Waals surface area contributed by atoms with Crippen molar-refractivity contribution in [3.63, 3.8) is 0 Å². The Balaban J connectivity index is 1.88. The van der Waals surface area contributed by atoms with Crippen LogP contribution in [-0.4, -0.2) is 53.5 Å². The highest BCUT2D eigenvalue weighted by Gasteiger charge is 2.32. The number of nitrogens with zero attached hydrogens (tertiary/aromatic N) is 1. The summed E-state index contributed by atoms with van der Waals surface area (Å²) in [5.41, 5.74) is -0.444. The average molecular weight is 312 g/mol. The van der Waals surface area contributed by atoms with Crippen LogP contribution in [0.3, 0.4) is 0 Å². The van der Waals surface area contributed by atoms with Crippen molar-refractivity contribution in [2.45, 2.75) is 77.0 Å². The van der Waals surface area contributed by atoms with Gasteiger partial charge in [0, 0.05) is 31.8 Å². The first kappa shape index (κ1) is 17.5. The van der Waals surface area contributed by atoms with Crippen LogP contribution in [0.25, 0.3) is 0 Å². The van der Waals surface area contributed by atoms with Gasteiger partial charge in [-0.3, -0.25) is 0 Å². The second-order valence-corrected chi connectivity index (χ2v) is 7.71. The molecule has 22 heavy (non-hydrogen) atoms. The van der Waals surface area contributed by atoms with Crippen LogP contribution >= 0.6 is 0 Å². The molecule has 1 aliphatic heterocycles. The fourth-order valence-electron chi connectivity index (χ4n) is 3.59. The van der Waals surface area contributed by atoms with E-state index in [1.807, 2.05) is 25.7 Å². The van der Waals surface area contributed by atoms with Crippen LogP contribution in [-0.2, 0) is 4.74 Å². The number of piperidine rings is 1. The van der Waals surface area contributed by atoms with Gasteiger partial charge < -0.3 is 20.1 Å². The van der Waals surface area contributed by atoms with E-state index in [0.29, 0.717) is 12.0 Å². The summed E-state index contributed by atoms with van der Waals surface area (Å²) in [6.07, 6.45) is 6.48. The smallest absolute Gasteiger partial charge is 0.410 e. The Bertz CT molecular complexity index is 367. The summed E-state index contributed by atoms with van der Waals surface area (Å²) in [4.78, 5) is 14.3. The summed E-state index contributed by atoms with van der Waals surface area (Å²) in [6.45, 7) is 7.58. The summed E-state index contributed by atoms with van der Waals surface area (Å²) in [7, 11) is 0. The minimum atomic E-state index is -0.444. The van der Waals surface area contributed by atoms with Gasteiger partial charge in [0.2, 0.25) is 0 Å². The van der Waals surface area contributed by atoms with Crippen LogP contribution < -0.4 is 5.32 Å². The highest BCUT2D eigenvalue weighted by atomic mass is 16.6. The number of nitrogens with one attached hydrogen (secondary N) is 1. The van der Waals surface area contributed by atoms with Gasteiger partial charge in [0.25, 0.3) is 0 Å². The highest BCUT2D eigenvalue weighted by molar-refractivity contribution is 5.68. The van der Waals surface area contributed by atoms with E-state index in [9.17, 15) is 9.90 Å². The monoisotopic (exact) mass is 312 g/mol. The van der Waals surface area contributed by atoms with Gasteiger partial charge in [-0.15, -0.1) is 0 Å². The van der Waals surface area contributed by atoms with E-state index >= 15 is 0 Å². The minimum absolute atomic E-state index is 0.191. The zero-order chi connectivity index (χ0) is 16.2. The average Bonchev–Trinajstić information content (AvgIpc) is 2.91. The third-order valence-corrected chi connectivity index (χ3v) is 4.76. The number of hydrogen-bond donors (Lipinski definition) is 2. The van der Waals surface area contributed by atoms with E-state index in [1.54, 1.807) is 0 Å². The summed E-state index contributed by atoms with van der Waals surface area (Å²) in [6, 6.07) is 0.607. The molecule has 0 aromatic rings. The molecule has 1 saturated heterocycles. The maximum absolute atomic E-state index is 12.4. The molecule has 1 amide bonds. The quantitative estimate of drug-likeness (QED) is 0.837. The second-order valence-electron chi connectivity index (χ2n) is 7.71. The minimum Gasteiger partial charge on any atom is -0.444 e. The first-order valence-corrected chi connectivity index (χ1v) is 8.74. The van der Waals surface area contributed by atoms with Crippen molar-refractivity contribution < 1.29 is 14.6 Å². The first-order valence-electron chi connectivity index (χ1n) is 8.74. The Kier molecular flexibility index (Phi) is 6.09. The Morgan fingerprint density at radius 1 is 1.23 bits per heavy atom. The number of hydrogen-bond acceptors (Lipinski definition) is 4. The van der Waals surface area contributed by atoms with Gasteiger partial charge in [0.15, 0.2) is 0 Å². The zero-order valence-electron chi connectivity index (χ0n) is 14.3. The van der Waals surface area contributed by atoms with Crippen LogP contribution in [0, 0.1) is 5.92 Å². The van der Waals surface area contributed by atoms with Crippen molar-refractivity contribution in [1.29, 1.82) is 0 Å². The lowest BCUT2D eigenvalue weighted by Crippen LogP contribution is -2.51. The predicted molar refractivity (Wildman–Crippen MR) is 86.8 cm³/mol. The van der Waals surface area contributed by atoms with E-state index in [4.69, 9.17) is 4.74 Å². The summed E-state index contributed by atoms with van der Waals surface area (Å²) >= 11 is 0. The number of ether oxygens (including phenoxy) is 1. The lowest BCUT2D eigenvalue weighted by molar-refractivity contribution is 0.00939. The molecule has 2 N–H and O–H groups in total. The molecule has 5 heteroatoms. The van der Waals surface area contributed by atoms with E-state index < -0.39 is 5.60 Å². The predicted octanol–water partition coefficient (Wildman–Crippen LogP) is 2.53. The van der Waals surface area contributed by atoms with E-state index in [0.717, 1.165) is 38.8 Å². The van der Waals surface area contributed by atoms with Crippen molar-refractivity contribution in [2.75, 3.05) is 19.7 Å². The molecule has 1 heterocycles. The maximum atomic E-state index is 12.4. The van der Waals surface area contributed by atoms with Crippen molar-refractivity contribution in [1.82, 2.24) is 10.2 Å². The number of carbonyl (C=O) groups is 1. The largest absolute Gasteiger partial charge is 0.444 e. The fraction of sp³-hybridized carbons (Fsp3) is 0.941. The number of likely N-dealkylation sites (tertiary alicyclic amines) is 1. The SMILES string of the molecule is CC(C)(C)OC(=O)N1CCCCC1CNC1CCCC1CO. The number of rotatable bonds is 4. The van der Waals surface area contributed by atoms with Crippen molar-refractivity contribution in [3.8, 4) is 0 Å². The molecule has 1 aliphatic carbocycles. The molecule has 0 spiro atoms. The molecule has 128 valence electrons. The Morgan fingerprint density at radius 2 is 2.00 bits per heavy atom. The van der Waals surface area contributed by atoms with Gasteiger partial charge in [-0.2, -0.15) is 0 Å². The van der Waals surface area contributed by atoms with Gasteiger partial charge in [-0.25, -0.2) is 4.79 Å². The zero-order valence-corrected chi connectivity index (χ0v) is 14.3. The summed E-state index contributed by atoms with van der Waals surface area (Å²) < 4.78 is 5.54. The standard InChI is InChI=1S/C17H32N2O3/c1-17(2,3)22-16(21)19-10-5-4-8-14(19)11-18-15-9-6-7-13(15)12-20/h13-15,18,20H,4-12H2,1-3H3. The lowest BCUT2D eigenvalue weighted by Gasteiger charge is -2.37. The molecule has 3 atom stereocenters. The van der Waals surface area contributed by atoms with Gasteiger partial charge in [-0.1, -0.05) is 6.42 Å². The molecule has 0 aromatic heterocycles. The van der Waals surface area contributed by atoms with Crippen LogP contribution in [0.2, 0.25) is 0 Å². The van der Waals surface area contributed by atoms with Gasteiger partial charge in [0.05, 0.1) is 0 Å². The van der Waals surface area contributed by atoms with Gasteiger partial charge >= 0.3 is 6.09 Å². The molecule has 2 fully saturated rings. The molecule has 0 bridgehead atoms. The fourth-order valence-corrected chi connectivity index (χ4v) is 3.59. The molecule has 2 aliphatic rings. The Hall–Kier alpha value is -0.810. The highest BCUT2D eigenvalue weighted by Crippen LogP contribution is 2.26. The van der Waals surface area contributed by atoms with Crippen LogP contribution in [0.1, 0.15) is 59.3 Å². The van der Waals surface area contributed by atoms with Crippen molar-refractivity contribution >= 4 is 6.09 Å². The molecular formula is C17H32N2O3. The number of amides is 1. The first-order chi connectivity index (χ1) is 10.4. The topological polar surface area (TPSA) is 61.8 Å². The third-order valence-electron chi connectivity index (χ3n) is 4.76. The Morgan fingerprint density at radius 3 is 2.68 bits per heavy atom. The third kappa shape index (κ3) is 4.85. The molecule has 2 rings (SSSR count). The van der Waals surface area contributed by atoms with Crippen LogP contribution in [0.4, 0.5) is 4.79 Å². The van der Waals surface area contributed by atoms with Crippen LogP contribution in [0.5, 0.6) is 0 Å². The van der Waals surface area contributed by atoms with Crippen LogP contribution in [0.15, 0.2) is 0 Å².